The van der Waals surface area contributed by atoms with Gasteiger partial charge in [0.15, 0.2) is 0 Å². The van der Waals surface area contributed by atoms with E-state index in [2.05, 4.69) is 55.4 Å². The fraction of sp³-hybridized carbons (Fsp3) is 0.692. The van der Waals surface area contributed by atoms with Crippen LogP contribution in [0.1, 0.15) is 40.3 Å². The lowest BCUT2D eigenvalue weighted by atomic mass is 10.1. The van der Waals surface area contributed by atoms with E-state index < -0.39 is 0 Å². The predicted molar refractivity (Wildman–Crippen MR) is 72.0 cm³/mol. The van der Waals surface area contributed by atoms with Gasteiger partial charge in [0.1, 0.15) is 5.82 Å². The molecule has 0 aromatic carbocycles. The molecule has 0 amide bonds. The Morgan fingerprint density at radius 2 is 1.88 bits per heavy atom. The average molecular weight is 236 g/mol. The van der Waals surface area contributed by atoms with E-state index in [1.807, 2.05) is 12.1 Å². The van der Waals surface area contributed by atoms with Crippen LogP contribution in [0.3, 0.4) is 0 Å². The summed E-state index contributed by atoms with van der Waals surface area (Å²) in [6.45, 7) is 12.4. The molecule has 0 atom stereocenters. The van der Waals surface area contributed by atoms with Crippen molar-refractivity contribution in [3.8, 4) is 0 Å². The van der Waals surface area contributed by atoms with Gasteiger partial charge in [0, 0.05) is 18.6 Å². The van der Waals surface area contributed by atoms with Gasteiger partial charge >= 0.3 is 0 Å². The summed E-state index contributed by atoms with van der Waals surface area (Å²) in [4.78, 5) is 0. The number of hydrogen-bond donors (Lipinski definition) is 2. The molecule has 0 spiro atoms. The van der Waals surface area contributed by atoms with Crippen LogP contribution in [0.2, 0.25) is 0 Å². The monoisotopic (exact) mass is 236 g/mol. The maximum absolute atomic E-state index is 4.18. The van der Waals surface area contributed by atoms with Crippen molar-refractivity contribution < 1.29 is 0 Å². The fourth-order valence-corrected chi connectivity index (χ4v) is 1.21. The smallest absolute Gasteiger partial charge is 0.148 e. The highest BCUT2D eigenvalue weighted by molar-refractivity contribution is 5.32. The topological polar surface area (TPSA) is 49.8 Å². The van der Waals surface area contributed by atoms with E-state index in [1.54, 1.807) is 0 Å². The normalized spacial score (nSPS) is 11.9. The number of hydrogen-bond acceptors (Lipinski definition) is 4. The van der Waals surface area contributed by atoms with E-state index in [0.29, 0.717) is 5.92 Å². The van der Waals surface area contributed by atoms with Crippen LogP contribution in [0.15, 0.2) is 12.1 Å². The highest BCUT2D eigenvalue weighted by atomic mass is 15.2. The molecule has 2 N–H and O–H groups in total. The molecule has 1 heterocycles. The Kier molecular flexibility index (Phi) is 4.87. The van der Waals surface area contributed by atoms with Gasteiger partial charge in [-0.1, -0.05) is 13.8 Å². The first kappa shape index (κ1) is 13.9. The summed E-state index contributed by atoms with van der Waals surface area (Å²) >= 11 is 0. The van der Waals surface area contributed by atoms with E-state index >= 15 is 0 Å². The SMILES string of the molecule is CC(C)CNc1ccc(CNC(C)(C)C)nn1. The molecule has 0 bridgehead atoms. The average Bonchev–Trinajstić information content (AvgIpc) is 2.24. The largest absolute Gasteiger partial charge is 0.368 e. The second-order valence-electron chi connectivity index (χ2n) is 5.79. The zero-order chi connectivity index (χ0) is 12.9. The Labute approximate surface area is 104 Å². The third-order valence-electron chi connectivity index (χ3n) is 2.21. The van der Waals surface area contributed by atoms with Crippen LogP contribution < -0.4 is 10.6 Å². The van der Waals surface area contributed by atoms with Gasteiger partial charge in [0.25, 0.3) is 0 Å². The molecule has 0 aliphatic heterocycles. The Balaban J connectivity index is 2.45. The minimum atomic E-state index is 0.107. The molecule has 0 radical (unpaired) electrons. The summed E-state index contributed by atoms with van der Waals surface area (Å²) in [5.41, 5.74) is 1.07. The van der Waals surface area contributed by atoms with Gasteiger partial charge in [0.2, 0.25) is 0 Å². The Bertz CT molecular complexity index is 324. The molecule has 4 nitrogen and oxygen atoms in total. The Morgan fingerprint density at radius 1 is 1.18 bits per heavy atom. The second-order valence-corrected chi connectivity index (χ2v) is 5.79. The third kappa shape index (κ3) is 6.22. The molecule has 4 heteroatoms. The van der Waals surface area contributed by atoms with Crippen LogP contribution >= 0.6 is 0 Å². The Morgan fingerprint density at radius 3 is 2.35 bits per heavy atom. The third-order valence-corrected chi connectivity index (χ3v) is 2.21. The summed E-state index contributed by atoms with van der Waals surface area (Å²) < 4.78 is 0. The van der Waals surface area contributed by atoms with Gasteiger partial charge in [-0.2, -0.15) is 5.10 Å². The van der Waals surface area contributed by atoms with E-state index in [9.17, 15) is 0 Å². The second kappa shape index (κ2) is 5.96. The van der Waals surface area contributed by atoms with Crippen molar-refractivity contribution in [2.45, 2.75) is 46.7 Å². The molecule has 1 aromatic rings. The first-order valence-electron chi connectivity index (χ1n) is 6.18. The molecular weight excluding hydrogens is 212 g/mol. The Hall–Kier alpha value is -1.16. The molecule has 1 aromatic heterocycles. The highest BCUT2D eigenvalue weighted by Crippen LogP contribution is 2.05. The highest BCUT2D eigenvalue weighted by Gasteiger charge is 2.08. The van der Waals surface area contributed by atoms with Gasteiger partial charge in [-0.15, -0.1) is 5.10 Å². The van der Waals surface area contributed by atoms with Crippen molar-refractivity contribution in [1.82, 2.24) is 15.5 Å². The number of anilines is 1. The summed E-state index contributed by atoms with van der Waals surface area (Å²) in [5, 5.41) is 15.0. The number of rotatable bonds is 5. The molecule has 0 saturated carbocycles. The molecule has 96 valence electrons. The maximum Gasteiger partial charge on any atom is 0.148 e. The van der Waals surface area contributed by atoms with Gasteiger partial charge in [-0.25, -0.2) is 0 Å². The summed E-state index contributed by atoms with van der Waals surface area (Å²) in [7, 11) is 0. The van der Waals surface area contributed by atoms with Gasteiger partial charge in [-0.3, -0.25) is 0 Å². The van der Waals surface area contributed by atoms with Crippen LogP contribution in [-0.4, -0.2) is 22.3 Å². The van der Waals surface area contributed by atoms with Gasteiger partial charge in [-0.05, 0) is 38.8 Å². The molecule has 0 aliphatic carbocycles. The molecule has 0 aliphatic rings. The van der Waals surface area contributed by atoms with Gasteiger partial charge < -0.3 is 10.6 Å². The van der Waals surface area contributed by atoms with Crippen molar-refractivity contribution in [2.75, 3.05) is 11.9 Å². The number of nitrogens with zero attached hydrogens (tertiary/aromatic N) is 2. The molecule has 0 saturated heterocycles. The summed E-state index contributed by atoms with van der Waals surface area (Å²) in [6.07, 6.45) is 0. The minimum absolute atomic E-state index is 0.107. The van der Waals surface area contributed by atoms with Crippen LogP contribution in [0.4, 0.5) is 5.82 Å². The fourth-order valence-electron chi connectivity index (χ4n) is 1.21. The van der Waals surface area contributed by atoms with Crippen molar-refractivity contribution in [2.24, 2.45) is 5.92 Å². The van der Waals surface area contributed by atoms with Crippen LogP contribution in [-0.2, 0) is 6.54 Å². The number of aromatic nitrogens is 2. The van der Waals surface area contributed by atoms with E-state index in [-0.39, 0.29) is 5.54 Å². The number of nitrogens with one attached hydrogen (secondary N) is 2. The lowest BCUT2D eigenvalue weighted by molar-refractivity contribution is 0.420. The standard InChI is InChI=1S/C13H24N4/c1-10(2)8-14-12-7-6-11(16-17-12)9-15-13(3,4)5/h6-7,10,15H,8-9H2,1-5H3,(H,14,17). The first-order valence-corrected chi connectivity index (χ1v) is 6.18. The maximum atomic E-state index is 4.18. The molecule has 1 rings (SSSR count). The van der Waals surface area contributed by atoms with E-state index in [1.165, 1.54) is 0 Å². The van der Waals surface area contributed by atoms with E-state index in [4.69, 9.17) is 0 Å². The summed E-state index contributed by atoms with van der Waals surface area (Å²) in [5.74, 6) is 1.46. The van der Waals surface area contributed by atoms with Crippen molar-refractivity contribution in [3.63, 3.8) is 0 Å². The van der Waals surface area contributed by atoms with Gasteiger partial charge in [0.05, 0.1) is 5.69 Å². The lowest BCUT2D eigenvalue weighted by Crippen LogP contribution is -2.35. The van der Waals surface area contributed by atoms with Crippen LogP contribution in [0.25, 0.3) is 0 Å². The molecular formula is C13H24N4. The zero-order valence-corrected chi connectivity index (χ0v) is 11.5. The quantitative estimate of drug-likeness (QED) is 0.824. The first-order chi connectivity index (χ1) is 7.87. The summed E-state index contributed by atoms with van der Waals surface area (Å²) in [6, 6.07) is 3.99. The van der Waals surface area contributed by atoms with Crippen LogP contribution in [0, 0.1) is 5.92 Å². The minimum Gasteiger partial charge on any atom is -0.368 e. The van der Waals surface area contributed by atoms with Crippen molar-refractivity contribution in [1.29, 1.82) is 0 Å². The lowest BCUT2D eigenvalue weighted by Gasteiger charge is -2.19. The molecule has 0 fully saturated rings. The zero-order valence-electron chi connectivity index (χ0n) is 11.5. The molecule has 17 heavy (non-hydrogen) atoms. The van der Waals surface area contributed by atoms with Crippen molar-refractivity contribution in [3.05, 3.63) is 17.8 Å². The predicted octanol–water partition coefficient (Wildman–Crippen LogP) is 2.43. The molecule has 0 unspecified atom stereocenters. The van der Waals surface area contributed by atoms with Crippen LogP contribution in [0.5, 0.6) is 0 Å². The van der Waals surface area contributed by atoms with E-state index in [0.717, 1.165) is 24.6 Å². The van der Waals surface area contributed by atoms with Crippen molar-refractivity contribution >= 4 is 5.82 Å².